The van der Waals surface area contributed by atoms with Gasteiger partial charge in [-0.1, -0.05) is 0 Å². The van der Waals surface area contributed by atoms with E-state index in [0.717, 1.165) is 0 Å². The number of hydrogen-bond donors (Lipinski definition) is 1. The molecule has 1 aliphatic rings. The van der Waals surface area contributed by atoms with Crippen molar-refractivity contribution < 1.29 is 14.2 Å². The van der Waals surface area contributed by atoms with Crippen molar-refractivity contribution in [2.75, 3.05) is 13.2 Å². The fourth-order valence-electron chi connectivity index (χ4n) is 1.38. The SMILES string of the molecule is CC(C)(C)OC[C@@H](N)[C@@H]1COC(C)(C)O1. The summed E-state index contributed by atoms with van der Waals surface area (Å²) in [6.45, 7) is 10.9. The molecule has 0 spiro atoms. The standard InChI is InChI=1S/C11H23NO3/c1-10(2,3)13-6-8(12)9-7-14-11(4,5)15-9/h8-9H,6-7,12H2,1-5H3/t8-,9+/m1/s1. The first-order valence-corrected chi connectivity index (χ1v) is 5.41. The van der Waals surface area contributed by atoms with Gasteiger partial charge in [0.2, 0.25) is 0 Å². The third kappa shape index (κ3) is 4.47. The lowest BCUT2D eigenvalue weighted by Gasteiger charge is -2.25. The maximum absolute atomic E-state index is 5.98. The predicted molar refractivity (Wildman–Crippen MR) is 58.6 cm³/mol. The molecule has 90 valence electrons. The third-order valence-electron chi connectivity index (χ3n) is 2.22. The first-order chi connectivity index (χ1) is 6.70. The quantitative estimate of drug-likeness (QED) is 0.773. The van der Waals surface area contributed by atoms with Crippen LogP contribution in [0.1, 0.15) is 34.6 Å². The second kappa shape index (κ2) is 4.37. The topological polar surface area (TPSA) is 53.7 Å². The summed E-state index contributed by atoms with van der Waals surface area (Å²) in [5, 5.41) is 0. The van der Waals surface area contributed by atoms with Gasteiger partial charge in [0, 0.05) is 0 Å². The van der Waals surface area contributed by atoms with E-state index < -0.39 is 5.79 Å². The van der Waals surface area contributed by atoms with Crippen LogP contribution in [0.3, 0.4) is 0 Å². The monoisotopic (exact) mass is 217 g/mol. The average molecular weight is 217 g/mol. The van der Waals surface area contributed by atoms with Gasteiger partial charge in [0.15, 0.2) is 5.79 Å². The van der Waals surface area contributed by atoms with E-state index in [9.17, 15) is 0 Å². The van der Waals surface area contributed by atoms with Crippen LogP contribution in [0.5, 0.6) is 0 Å². The first kappa shape index (κ1) is 12.9. The molecule has 0 aromatic carbocycles. The molecule has 15 heavy (non-hydrogen) atoms. The Labute approximate surface area is 92.1 Å². The summed E-state index contributed by atoms with van der Waals surface area (Å²) >= 11 is 0. The summed E-state index contributed by atoms with van der Waals surface area (Å²) < 4.78 is 16.7. The van der Waals surface area contributed by atoms with Gasteiger partial charge in [-0.3, -0.25) is 0 Å². The van der Waals surface area contributed by atoms with Crippen LogP contribution in [0.25, 0.3) is 0 Å². The normalized spacial score (nSPS) is 28.0. The lowest BCUT2D eigenvalue weighted by molar-refractivity contribution is -0.144. The van der Waals surface area contributed by atoms with Crippen LogP contribution in [-0.2, 0) is 14.2 Å². The Hall–Kier alpha value is -0.160. The van der Waals surface area contributed by atoms with Gasteiger partial charge in [-0.05, 0) is 34.6 Å². The minimum atomic E-state index is -0.510. The molecule has 1 saturated heterocycles. The van der Waals surface area contributed by atoms with E-state index in [2.05, 4.69) is 0 Å². The molecule has 0 aromatic heterocycles. The van der Waals surface area contributed by atoms with E-state index >= 15 is 0 Å². The fraction of sp³-hybridized carbons (Fsp3) is 1.00. The molecule has 4 nitrogen and oxygen atoms in total. The van der Waals surface area contributed by atoms with Crippen molar-refractivity contribution in [3.05, 3.63) is 0 Å². The number of ether oxygens (including phenoxy) is 3. The zero-order valence-corrected chi connectivity index (χ0v) is 10.4. The summed E-state index contributed by atoms with van der Waals surface area (Å²) in [5.74, 6) is -0.510. The van der Waals surface area contributed by atoms with Crippen LogP contribution in [0.15, 0.2) is 0 Å². The highest BCUT2D eigenvalue weighted by Crippen LogP contribution is 2.24. The van der Waals surface area contributed by atoms with Crippen LogP contribution in [0.2, 0.25) is 0 Å². The van der Waals surface area contributed by atoms with Crippen molar-refractivity contribution in [3.63, 3.8) is 0 Å². The van der Waals surface area contributed by atoms with E-state index in [-0.39, 0.29) is 17.7 Å². The molecule has 0 radical (unpaired) electrons. The second-order valence-electron chi connectivity index (χ2n) is 5.45. The molecule has 1 fully saturated rings. The van der Waals surface area contributed by atoms with E-state index in [1.807, 2.05) is 34.6 Å². The summed E-state index contributed by atoms with van der Waals surface area (Å²) in [7, 11) is 0. The number of hydrogen-bond acceptors (Lipinski definition) is 4. The minimum absolute atomic E-state index is 0.0673. The molecule has 2 N–H and O–H groups in total. The third-order valence-corrected chi connectivity index (χ3v) is 2.22. The van der Waals surface area contributed by atoms with Gasteiger partial charge in [-0.15, -0.1) is 0 Å². The molecule has 0 unspecified atom stereocenters. The predicted octanol–water partition coefficient (Wildman–Crippen LogP) is 1.28. The Morgan fingerprint density at radius 3 is 2.47 bits per heavy atom. The minimum Gasteiger partial charge on any atom is -0.374 e. The van der Waals surface area contributed by atoms with Crippen LogP contribution in [0, 0.1) is 0 Å². The van der Waals surface area contributed by atoms with Gasteiger partial charge >= 0.3 is 0 Å². The zero-order chi connectivity index (χ0) is 11.7. The highest BCUT2D eigenvalue weighted by molar-refractivity contribution is 4.81. The summed E-state index contributed by atoms with van der Waals surface area (Å²) in [5.41, 5.74) is 5.82. The van der Waals surface area contributed by atoms with Crippen LogP contribution in [-0.4, -0.2) is 36.7 Å². The summed E-state index contributed by atoms with van der Waals surface area (Å²) in [4.78, 5) is 0. The van der Waals surface area contributed by atoms with E-state index in [1.165, 1.54) is 0 Å². The molecular weight excluding hydrogens is 194 g/mol. The maximum atomic E-state index is 5.98. The smallest absolute Gasteiger partial charge is 0.163 e. The largest absolute Gasteiger partial charge is 0.374 e. The number of rotatable bonds is 3. The molecule has 2 atom stereocenters. The van der Waals surface area contributed by atoms with Crippen molar-refractivity contribution in [2.24, 2.45) is 5.73 Å². The van der Waals surface area contributed by atoms with E-state index in [4.69, 9.17) is 19.9 Å². The molecule has 0 aliphatic carbocycles. The van der Waals surface area contributed by atoms with Gasteiger partial charge in [-0.2, -0.15) is 0 Å². The van der Waals surface area contributed by atoms with Crippen LogP contribution >= 0.6 is 0 Å². The van der Waals surface area contributed by atoms with E-state index in [1.54, 1.807) is 0 Å². The first-order valence-electron chi connectivity index (χ1n) is 5.41. The van der Waals surface area contributed by atoms with Crippen molar-refractivity contribution in [2.45, 2.75) is 58.2 Å². The molecule has 1 heterocycles. The van der Waals surface area contributed by atoms with Crippen LogP contribution in [0.4, 0.5) is 0 Å². The fourth-order valence-corrected chi connectivity index (χ4v) is 1.38. The van der Waals surface area contributed by atoms with Crippen molar-refractivity contribution in [1.29, 1.82) is 0 Å². The Morgan fingerprint density at radius 1 is 1.47 bits per heavy atom. The average Bonchev–Trinajstić information content (AvgIpc) is 2.40. The van der Waals surface area contributed by atoms with Gasteiger partial charge in [0.05, 0.1) is 24.9 Å². The molecule has 4 heteroatoms. The molecule has 0 aromatic rings. The molecule has 0 amide bonds. The van der Waals surface area contributed by atoms with E-state index in [0.29, 0.717) is 13.2 Å². The highest BCUT2D eigenvalue weighted by atomic mass is 16.7. The Balaban J connectivity index is 2.33. The zero-order valence-electron chi connectivity index (χ0n) is 10.4. The van der Waals surface area contributed by atoms with Gasteiger partial charge in [0.1, 0.15) is 6.10 Å². The molecule has 0 bridgehead atoms. The Kier molecular flexibility index (Phi) is 3.76. The number of nitrogens with two attached hydrogens (primary N) is 1. The Morgan fingerprint density at radius 2 is 2.07 bits per heavy atom. The van der Waals surface area contributed by atoms with Crippen molar-refractivity contribution in [3.8, 4) is 0 Å². The lowest BCUT2D eigenvalue weighted by atomic mass is 10.1. The molecular formula is C11H23NO3. The second-order valence-corrected chi connectivity index (χ2v) is 5.45. The molecule has 1 rings (SSSR count). The van der Waals surface area contributed by atoms with Gasteiger partial charge < -0.3 is 19.9 Å². The highest BCUT2D eigenvalue weighted by Gasteiger charge is 2.36. The summed E-state index contributed by atoms with van der Waals surface area (Å²) in [6, 6.07) is -0.133. The summed E-state index contributed by atoms with van der Waals surface area (Å²) in [6.07, 6.45) is -0.0673. The molecule has 0 saturated carbocycles. The van der Waals surface area contributed by atoms with Crippen molar-refractivity contribution in [1.82, 2.24) is 0 Å². The molecule has 1 aliphatic heterocycles. The van der Waals surface area contributed by atoms with Gasteiger partial charge in [-0.25, -0.2) is 0 Å². The maximum Gasteiger partial charge on any atom is 0.163 e. The van der Waals surface area contributed by atoms with Gasteiger partial charge in [0.25, 0.3) is 0 Å². The Bertz CT molecular complexity index is 210. The van der Waals surface area contributed by atoms with Crippen molar-refractivity contribution >= 4 is 0 Å². The van der Waals surface area contributed by atoms with Crippen LogP contribution < -0.4 is 5.73 Å². The lowest BCUT2D eigenvalue weighted by Crippen LogP contribution is -2.43.